The molecule has 0 aliphatic heterocycles. The van der Waals surface area contributed by atoms with Gasteiger partial charge in [0.05, 0.1) is 6.10 Å². The van der Waals surface area contributed by atoms with Crippen molar-refractivity contribution in [3.63, 3.8) is 0 Å². The summed E-state index contributed by atoms with van der Waals surface area (Å²) in [5.74, 6) is 0.897. The number of rotatable bonds is 7. The Balaban J connectivity index is 2.02. The Labute approximate surface area is 131 Å². The first-order chi connectivity index (χ1) is 10.2. The first-order valence-corrected chi connectivity index (χ1v) is 8.36. The second kappa shape index (κ2) is 8.23. The second-order valence-corrected chi connectivity index (χ2v) is 6.50. The molecule has 21 heavy (non-hydrogen) atoms. The Morgan fingerprint density at radius 1 is 1.05 bits per heavy atom. The van der Waals surface area contributed by atoms with E-state index in [-0.39, 0.29) is 5.25 Å². The summed E-state index contributed by atoms with van der Waals surface area (Å²) < 4.78 is 0. The van der Waals surface area contributed by atoms with E-state index in [9.17, 15) is 5.11 Å². The van der Waals surface area contributed by atoms with E-state index in [1.54, 1.807) is 11.8 Å². The minimum atomic E-state index is -0.470. The van der Waals surface area contributed by atoms with Gasteiger partial charge in [0, 0.05) is 11.0 Å². The van der Waals surface area contributed by atoms with Gasteiger partial charge in [-0.1, -0.05) is 60.2 Å². The van der Waals surface area contributed by atoms with Gasteiger partial charge in [-0.05, 0) is 31.0 Å². The number of nitrogens with two attached hydrogens (primary N) is 1. The van der Waals surface area contributed by atoms with E-state index < -0.39 is 6.10 Å². The van der Waals surface area contributed by atoms with Crippen LogP contribution in [0, 0.1) is 6.92 Å². The van der Waals surface area contributed by atoms with Crippen molar-refractivity contribution in [3.8, 4) is 0 Å². The monoisotopic (exact) mass is 301 g/mol. The molecule has 2 atom stereocenters. The maximum Gasteiger partial charge on any atom is 0.0909 e. The van der Waals surface area contributed by atoms with Crippen LogP contribution < -0.4 is 5.73 Å². The summed E-state index contributed by atoms with van der Waals surface area (Å²) in [6.45, 7) is 2.65. The number of hydrogen-bond acceptors (Lipinski definition) is 3. The summed E-state index contributed by atoms with van der Waals surface area (Å²) in [6, 6.07) is 18.4. The van der Waals surface area contributed by atoms with E-state index in [1.165, 1.54) is 11.1 Å². The molecule has 112 valence electrons. The quantitative estimate of drug-likeness (QED) is 0.820. The van der Waals surface area contributed by atoms with E-state index in [2.05, 4.69) is 19.1 Å². The van der Waals surface area contributed by atoms with Crippen LogP contribution in [0.25, 0.3) is 0 Å². The van der Waals surface area contributed by atoms with Crippen LogP contribution in [-0.2, 0) is 5.75 Å². The van der Waals surface area contributed by atoms with Crippen molar-refractivity contribution < 1.29 is 5.11 Å². The minimum Gasteiger partial charge on any atom is -0.387 e. The van der Waals surface area contributed by atoms with Crippen molar-refractivity contribution in [1.82, 2.24) is 0 Å². The zero-order valence-electron chi connectivity index (χ0n) is 12.4. The van der Waals surface area contributed by atoms with Gasteiger partial charge in [-0.15, -0.1) is 0 Å². The van der Waals surface area contributed by atoms with Gasteiger partial charge in [0.15, 0.2) is 0 Å². The van der Waals surface area contributed by atoms with Crippen LogP contribution in [0.1, 0.15) is 29.2 Å². The summed E-state index contributed by atoms with van der Waals surface area (Å²) in [5.41, 5.74) is 9.17. The van der Waals surface area contributed by atoms with E-state index in [4.69, 9.17) is 5.73 Å². The van der Waals surface area contributed by atoms with Crippen LogP contribution >= 0.6 is 11.8 Å². The number of hydrogen-bond donors (Lipinski definition) is 2. The van der Waals surface area contributed by atoms with E-state index >= 15 is 0 Å². The van der Waals surface area contributed by atoms with Crippen molar-refractivity contribution in [2.24, 2.45) is 5.73 Å². The van der Waals surface area contributed by atoms with E-state index in [0.717, 1.165) is 17.7 Å². The van der Waals surface area contributed by atoms with Gasteiger partial charge in [0.1, 0.15) is 0 Å². The molecular weight excluding hydrogens is 278 g/mol. The highest BCUT2D eigenvalue weighted by Crippen LogP contribution is 2.31. The van der Waals surface area contributed by atoms with Crippen LogP contribution in [0.5, 0.6) is 0 Å². The molecule has 2 nitrogen and oxygen atoms in total. The van der Waals surface area contributed by atoms with Crippen molar-refractivity contribution in [1.29, 1.82) is 0 Å². The fourth-order valence-electron chi connectivity index (χ4n) is 2.25. The molecule has 3 heteroatoms. The molecular formula is C18H23NOS. The Bertz CT molecular complexity index is 527. The lowest BCUT2D eigenvalue weighted by Gasteiger charge is -2.22. The smallest absolute Gasteiger partial charge is 0.0909 e. The SMILES string of the molecule is Cc1ccc(C(O)C(CCN)SCc2ccccc2)cc1. The van der Waals surface area contributed by atoms with Gasteiger partial charge in [-0.25, -0.2) is 0 Å². The highest BCUT2D eigenvalue weighted by Gasteiger charge is 2.20. The summed E-state index contributed by atoms with van der Waals surface area (Å²) >= 11 is 1.78. The fourth-order valence-corrected chi connectivity index (χ4v) is 3.49. The minimum absolute atomic E-state index is 0.123. The Kier molecular flexibility index (Phi) is 6.30. The van der Waals surface area contributed by atoms with Crippen molar-refractivity contribution in [3.05, 3.63) is 71.3 Å². The molecule has 0 saturated heterocycles. The molecule has 3 N–H and O–H groups in total. The van der Waals surface area contributed by atoms with Crippen molar-refractivity contribution in [2.75, 3.05) is 6.54 Å². The summed E-state index contributed by atoms with van der Waals surface area (Å²) in [5, 5.41) is 10.7. The molecule has 2 rings (SSSR count). The molecule has 0 fully saturated rings. The first kappa shape index (κ1) is 16.1. The normalized spacial score (nSPS) is 13.9. The van der Waals surface area contributed by atoms with Gasteiger partial charge in [-0.2, -0.15) is 11.8 Å². The number of aliphatic hydroxyl groups is 1. The van der Waals surface area contributed by atoms with Gasteiger partial charge in [0.2, 0.25) is 0 Å². The predicted octanol–water partition coefficient (Wildman–Crippen LogP) is 3.68. The summed E-state index contributed by atoms with van der Waals surface area (Å²) in [4.78, 5) is 0. The molecule has 0 aliphatic carbocycles. The Morgan fingerprint density at radius 2 is 1.71 bits per heavy atom. The average molecular weight is 301 g/mol. The zero-order valence-corrected chi connectivity index (χ0v) is 13.2. The molecule has 0 amide bonds. The lowest BCUT2D eigenvalue weighted by Crippen LogP contribution is -2.19. The number of thioether (sulfide) groups is 1. The molecule has 0 saturated carbocycles. The average Bonchev–Trinajstić information content (AvgIpc) is 2.52. The molecule has 0 heterocycles. The van der Waals surface area contributed by atoms with Crippen molar-refractivity contribution >= 4 is 11.8 Å². The highest BCUT2D eigenvalue weighted by molar-refractivity contribution is 7.99. The van der Waals surface area contributed by atoms with Gasteiger partial charge in [0.25, 0.3) is 0 Å². The molecule has 0 aromatic heterocycles. The van der Waals surface area contributed by atoms with E-state index in [0.29, 0.717) is 6.54 Å². The maximum absolute atomic E-state index is 10.6. The first-order valence-electron chi connectivity index (χ1n) is 7.31. The zero-order chi connectivity index (χ0) is 15.1. The third-order valence-corrected chi connectivity index (χ3v) is 4.95. The molecule has 0 spiro atoms. The van der Waals surface area contributed by atoms with Gasteiger partial charge >= 0.3 is 0 Å². The third kappa shape index (κ3) is 4.88. The molecule has 0 bridgehead atoms. The molecule has 2 aromatic rings. The van der Waals surface area contributed by atoms with Crippen LogP contribution in [0.3, 0.4) is 0 Å². The highest BCUT2D eigenvalue weighted by atomic mass is 32.2. The second-order valence-electron chi connectivity index (χ2n) is 5.27. The van der Waals surface area contributed by atoms with E-state index in [1.807, 2.05) is 42.5 Å². The molecule has 0 aliphatic rings. The fraction of sp³-hybridized carbons (Fsp3) is 0.333. The third-order valence-electron chi connectivity index (χ3n) is 3.53. The largest absolute Gasteiger partial charge is 0.387 e. The molecule has 0 radical (unpaired) electrons. The summed E-state index contributed by atoms with van der Waals surface area (Å²) in [6.07, 6.45) is 0.342. The predicted molar refractivity (Wildman–Crippen MR) is 91.3 cm³/mol. The molecule has 2 aromatic carbocycles. The summed E-state index contributed by atoms with van der Waals surface area (Å²) in [7, 11) is 0. The van der Waals surface area contributed by atoms with Crippen LogP contribution in [0.4, 0.5) is 0 Å². The number of aliphatic hydroxyl groups excluding tert-OH is 1. The number of benzene rings is 2. The number of aryl methyl sites for hydroxylation is 1. The topological polar surface area (TPSA) is 46.2 Å². The maximum atomic E-state index is 10.6. The van der Waals surface area contributed by atoms with Crippen molar-refractivity contribution in [2.45, 2.75) is 30.5 Å². The lowest BCUT2D eigenvalue weighted by molar-refractivity contribution is 0.172. The van der Waals surface area contributed by atoms with Gasteiger partial charge < -0.3 is 10.8 Å². The Hall–Kier alpha value is -1.29. The lowest BCUT2D eigenvalue weighted by atomic mass is 10.0. The van der Waals surface area contributed by atoms with Crippen LogP contribution in [-0.4, -0.2) is 16.9 Å². The molecule has 2 unspecified atom stereocenters. The van der Waals surface area contributed by atoms with Crippen LogP contribution in [0.15, 0.2) is 54.6 Å². The standard InChI is InChI=1S/C18H23NOS/c1-14-7-9-16(10-8-14)18(20)17(11-12-19)21-13-15-5-3-2-4-6-15/h2-10,17-18,20H,11-13,19H2,1H3. The van der Waals surface area contributed by atoms with Crippen LogP contribution in [0.2, 0.25) is 0 Å². The van der Waals surface area contributed by atoms with Gasteiger partial charge in [-0.3, -0.25) is 0 Å². The Morgan fingerprint density at radius 3 is 2.33 bits per heavy atom.